The van der Waals surface area contributed by atoms with Crippen LogP contribution in [0.5, 0.6) is 0 Å². The maximum atomic E-state index is 13.3. The Bertz CT molecular complexity index is 456. The number of nitrogens with zero attached hydrogens (tertiary/aromatic N) is 1. The number of amides is 1. The minimum absolute atomic E-state index is 0. The quantitative estimate of drug-likeness (QED) is 0.931. The average Bonchev–Trinajstić information content (AvgIpc) is 2.81. The van der Waals surface area contributed by atoms with Crippen molar-refractivity contribution in [2.75, 3.05) is 26.7 Å². The fraction of sp³-hybridized carbons (Fsp3) is 0.462. The van der Waals surface area contributed by atoms with Gasteiger partial charge in [0.15, 0.2) is 0 Å². The van der Waals surface area contributed by atoms with Crippen LogP contribution in [0.15, 0.2) is 18.2 Å². The Morgan fingerprint density at radius 3 is 3.00 bits per heavy atom. The lowest BCUT2D eigenvalue weighted by Gasteiger charge is -2.17. The fourth-order valence-corrected chi connectivity index (χ4v) is 2.52. The van der Waals surface area contributed by atoms with Crippen LogP contribution in [-0.2, 0) is 0 Å². The van der Waals surface area contributed by atoms with Gasteiger partial charge in [-0.1, -0.05) is 17.7 Å². The molecule has 0 bridgehead atoms. The number of likely N-dealkylation sites (tertiary alicyclic amines) is 1. The molecule has 3 nitrogen and oxygen atoms in total. The summed E-state index contributed by atoms with van der Waals surface area (Å²) >= 11 is 5.83. The lowest BCUT2D eigenvalue weighted by molar-refractivity contribution is 0.0787. The zero-order valence-electron chi connectivity index (χ0n) is 10.7. The lowest BCUT2D eigenvalue weighted by Crippen LogP contribution is -2.30. The first-order chi connectivity index (χ1) is 8.63. The van der Waals surface area contributed by atoms with Gasteiger partial charge in [0, 0.05) is 13.1 Å². The first-order valence-electron chi connectivity index (χ1n) is 6.01. The van der Waals surface area contributed by atoms with Crippen molar-refractivity contribution in [3.63, 3.8) is 0 Å². The number of rotatable bonds is 3. The van der Waals surface area contributed by atoms with E-state index in [9.17, 15) is 9.18 Å². The van der Waals surface area contributed by atoms with E-state index >= 15 is 0 Å². The van der Waals surface area contributed by atoms with E-state index in [1.807, 2.05) is 7.05 Å². The van der Waals surface area contributed by atoms with E-state index in [0.29, 0.717) is 19.0 Å². The summed E-state index contributed by atoms with van der Waals surface area (Å²) in [4.78, 5) is 14.0. The molecular formula is C13H17Cl2FN2O. The van der Waals surface area contributed by atoms with Crippen molar-refractivity contribution >= 4 is 29.9 Å². The van der Waals surface area contributed by atoms with E-state index in [0.717, 1.165) is 13.0 Å². The number of benzene rings is 1. The van der Waals surface area contributed by atoms with Gasteiger partial charge in [-0.25, -0.2) is 4.39 Å². The molecular weight excluding hydrogens is 290 g/mol. The smallest absolute Gasteiger partial charge is 0.255 e. The molecule has 2 rings (SSSR count). The van der Waals surface area contributed by atoms with Crippen LogP contribution in [0.2, 0.25) is 5.02 Å². The molecule has 6 heteroatoms. The third-order valence-corrected chi connectivity index (χ3v) is 3.63. The molecule has 1 aliphatic heterocycles. The molecule has 106 valence electrons. The molecule has 1 heterocycles. The Kier molecular flexibility index (Phi) is 6.04. The van der Waals surface area contributed by atoms with Crippen molar-refractivity contribution in [1.29, 1.82) is 0 Å². The Morgan fingerprint density at radius 2 is 2.32 bits per heavy atom. The predicted molar refractivity (Wildman–Crippen MR) is 76.6 cm³/mol. The summed E-state index contributed by atoms with van der Waals surface area (Å²) in [6, 6.07) is 4.33. The van der Waals surface area contributed by atoms with Crippen molar-refractivity contribution in [3.8, 4) is 0 Å². The van der Waals surface area contributed by atoms with Gasteiger partial charge in [0.25, 0.3) is 5.91 Å². The van der Waals surface area contributed by atoms with Crippen molar-refractivity contribution in [2.24, 2.45) is 5.92 Å². The molecule has 1 N–H and O–H groups in total. The van der Waals surface area contributed by atoms with E-state index in [1.165, 1.54) is 12.1 Å². The van der Waals surface area contributed by atoms with Gasteiger partial charge < -0.3 is 10.2 Å². The highest BCUT2D eigenvalue weighted by Crippen LogP contribution is 2.24. The van der Waals surface area contributed by atoms with E-state index in [4.69, 9.17) is 11.6 Å². The SMILES string of the molecule is CNCC1CCN(C(=O)c2cccc(F)c2Cl)C1.Cl. The number of carbonyl (C=O) groups is 1. The molecule has 0 aliphatic carbocycles. The lowest BCUT2D eigenvalue weighted by atomic mass is 10.1. The number of carbonyl (C=O) groups excluding carboxylic acids is 1. The minimum Gasteiger partial charge on any atom is -0.338 e. The average molecular weight is 307 g/mol. The third kappa shape index (κ3) is 3.59. The maximum absolute atomic E-state index is 13.3. The van der Waals surface area contributed by atoms with Gasteiger partial charge in [-0.05, 0) is 38.1 Å². The molecule has 1 aromatic rings. The minimum atomic E-state index is -0.548. The first kappa shape index (κ1) is 16.2. The summed E-state index contributed by atoms with van der Waals surface area (Å²) < 4.78 is 13.3. The van der Waals surface area contributed by atoms with Crippen molar-refractivity contribution in [1.82, 2.24) is 10.2 Å². The molecule has 1 unspecified atom stereocenters. The summed E-state index contributed by atoms with van der Waals surface area (Å²) in [6.45, 7) is 2.30. The highest BCUT2D eigenvalue weighted by molar-refractivity contribution is 6.34. The highest BCUT2D eigenvalue weighted by Gasteiger charge is 2.27. The van der Waals surface area contributed by atoms with E-state index in [1.54, 1.807) is 11.0 Å². The molecule has 1 amide bonds. The Hall–Kier alpha value is -0.840. The molecule has 0 aromatic heterocycles. The second-order valence-electron chi connectivity index (χ2n) is 4.56. The van der Waals surface area contributed by atoms with Gasteiger partial charge in [-0.3, -0.25) is 4.79 Å². The van der Waals surface area contributed by atoms with Crippen LogP contribution in [-0.4, -0.2) is 37.5 Å². The van der Waals surface area contributed by atoms with Gasteiger partial charge in [-0.2, -0.15) is 0 Å². The molecule has 1 aliphatic rings. The van der Waals surface area contributed by atoms with Gasteiger partial charge in [0.05, 0.1) is 10.6 Å². The van der Waals surface area contributed by atoms with Crippen LogP contribution in [0.25, 0.3) is 0 Å². The van der Waals surface area contributed by atoms with Gasteiger partial charge in [0.1, 0.15) is 5.82 Å². The van der Waals surface area contributed by atoms with E-state index in [2.05, 4.69) is 5.32 Å². The largest absolute Gasteiger partial charge is 0.338 e. The zero-order chi connectivity index (χ0) is 13.1. The van der Waals surface area contributed by atoms with Crippen LogP contribution in [0.4, 0.5) is 4.39 Å². The van der Waals surface area contributed by atoms with Crippen LogP contribution in [0.3, 0.4) is 0 Å². The molecule has 1 aromatic carbocycles. The van der Waals surface area contributed by atoms with Crippen molar-refractivity contribution < 1.29 is 9.18 Å². The zero-order valence-corrected chi connectivity index (χ0v) is 12.2. The molecule has 0 radical (unpaired) electrons. The van der Waals surface area contributed by atoms with Gasteiger partial charge in [-0.15, -0.1) is 12.4 Å². The normalized spacial score (nSPS) is 18.3. The number of nitrogens with one attached hydrogen (secondary N) is 1. The van der Waals surface area contributed by atoms with E-state index in [-0.39, 0.29) is 28.9 Å². The molecule has 0 spiro atoms. The standard InChI is InChI=1S/C13H16ClFN2O.ClH/c1-16-7-9-5-6-17(8-9)13(18)10-3-2-4-11(15)12(10)14;/h2-4,9,16H,5-8H2,1H3;1H. The number of hydrogen-bond acceptors (Lipinski definition) is 2. The summed E-state index contributed by atoms with van der Waals surface area (Å²) in [7, 11) is 1.90. The topological polar surface area (TPSA) is 32.3 Å². The monoisotopic (exact) mass is 306 g/mol. The number of halogens is 3. The molecule has 0 saturated carbocycles. The summed E-state index contributed by atoms with van der Waals surface area (Å²) in [5, 5.41) is 3.02. The van der Waals surface area contributed by atoms with Crippen LogP contribution in [0.1, 0.15) is 16.8 Å². The van der Waals surface area contributed by atoms with Crippen molar-refractivity contribution in [2.45, 2.75) is 6.42 Å². The molecule has 1 saturated heterocycles. The highest BCUT2D eigenvalue weighted by atomic mass is 35.5. The first-order valence-corrected chi connectivity index (χ1v) is 6.39. The summed E-state index contributed by atoms with van der Waals surface area (Å²) in [5.74, 6) is -0.266. The molecule has 1 fully saturated rings. The molecule has 1 atom stereocenters. The van der Waals surface area contributed by atoms with Crippen LogP contribution < -0.4 is 5.32 Å². The Balaban J connectivity index is 0.00000180. The third-order valence-electron chi connectivity index (χ3n) is 3.25. The summed E-state index contributed by atoms with van der Waals surface area (Å²) in [6.07, 6.45) is 0.972. The van der Waals surface area contributed by atoms with Crippen molar-refractivity contribution in [3.05, 3.63) is 34.6 Å². The summed E-state index contributed by atoms with van der Waals surface area (Å²) in [5.41, 5.74) is 0.252. The number of hydrogen-bond donors (Lipinski definition) is 1. The Morgan fingerprint density at radius 1 is 1.58 bits per heavy atom. The van der Waals surface area contributed by atoms with Crippen LogP contribution >= 0.6 is 24.0 Å². The molecule has 19 heavy (non-hydrogen) atoms. The second kappa shape index (κ2) is 7.08. The van der Waals surface area contributed by atoms with Gasteiger partial charge >= 0.3 is 0 Å². The van der Waals surface area contributed by atoms with Crippen LogP contribution in [0, 0.1) is 11.7 Å². The Labute approximate surface area is 123 Å². The maximum Gasteiger partial charge on any atom is 0.255 e. The second-order valence-corrected chi connectivity index (χ2v) is 4.94. The fourth-order valence-electron chi connectivity index (χ4n) is 2.31. The predicted octanol–water partition coefficient (Wildman–Crippen LogP) is 2.58. The van der Waals surface area contributed by atoms with E-state index < -0.39 is 5.82 Å². The van der Waals surface area contributed by atoms with Gasteiger partial charge in [0.2, 0.25) is 0 Å².